The van der Waals surface area contributed by atoms with Crippen molar-refractivity contribution in [2.75, 3.05) is 6.61 Å². The van der Waals surface area contributed by atoms with Gasteiger partial charge in [0.2, 0.25) is 0 Å². The van der Waals surface area contributed by atoms with Crippen molar-refractivity contribution >= 4 is 18.2 Å². The first-order chi connectivity index (χ1) is 5.66. The third kappa shape index (κ3) is 6.53. The van der Waals surface area contributed by atoms with E-state index < -0.39 is 12.0 Å². The van der Waals surface area contributed by atoms with E-state index in [9.17, 15) is 9.59 Å². The van der Waals surface area contributed by atoms with Gasteiger partial charge in [0, 0.05) is 6.21 Å². The van der Waals surface area contributed by atoms with Crippen LogP contribution >= 0.6 is 0 Å². The van der Waals surface area contributed by atoms with Crippen molar-refractivity contribution in [1.82, 2.24) is 5.43 Å². The van der Waals surface area contributed by atoms with E-state index in [1.807, 2.05) is 5.43 Å². The van der Waals surface area contributed by atoms with E-state index in [0.29, 0.717) is 6.61 Å². The molecule has 0 heterocycles. The third-order valence-electron chi connectivity index (χ3n) is 0.829. The lowest BCUT2D eigenvalue weighted by Gasteiger charge is -1.95. The summed E-state index contributed by atoms with van der Waals surface area (Å²) in [6, 6.07) is -0.768. The van der Waals surface area contributed by atoms with E-state index in [0.717, 1.165) is 0 Å². The molecule has 0 aromatic rings. The number of nitrogens with zero attached hydrogens (tertiary/aromatic N) is 1. The second-order valence-corrected chi connectivity index (χ2v) is 1.80. The second kappa shape index (κ2) is 6.14. The minimum Gasteiger partial charge on any atom is -0.466 e. The highest BCUT2D eigenvalue weighted by atomic mass is 16.5. The Hall–Kier alpha value is -1.59. The van der Waals surface area contributed by atoms with Crippen LogP contribution in [0.25, 0.3) is 0 Å². The minimum atomic E-state index is -0.768. The quantitative estimate of drug-likeness (QED) is 0.344. The Morgan fingerprint density at radius 1 is 1.67 bits per heavy atom. The minimum absolute atomic E-state index is 0.0219. The summed E-state index contributed by atoms with van der Waals surface area (Å²) in [7, 11) is 0. The molecule has 0 aliphatic rings. The van der Waals surface area contributed by atoms with Crippen molar-refractivity contribution in [2.24, 2.45) is 10.8 Å². The lowest BCUT2D eigenvalue weighted by atomic mass is 10.5. The smallest absolute Gasteiger partial charge is 0.332 e. The molecular weight excluding hydrogens is 162 g/mol. The first-order valence-electron chi connectivity index (χ1n) is 3.39. The SMILES string of the molecule is CCOC(=O)C/C=N/NC(N)=O. The van der Waals surface area contributed by atoms with Crippen LogP contribution in [0.4, 0.5) is 4.79 Å². The number of hydrogen-bond donors (Lipinski definition) is 2. The molecule has 0 unspecified atom stereocenters. The molecule has 0 saturated heterocycles. The number of rotatable bonds is 4. The number of primary amides is 1. The molecule has 0 rings (SSSR count). The van der Waals surface area contributed by atoms with E-state index in [2.05, 4.69) is 15.6 Å². The number of esters is 1. The van der Waals surface area contributed by atoms with Crippen LogP contribution in [0, 0.1) is 0 Å². The van der Waals surface area contributed by atoms with Crippen LogP contribution in [-0.4, -0.2) is 24.8 Å². The number of urea groups is 1. The molecule has 12 heavy (non-hydrogen) atoms. The van der Waals surface area contributed by atoms with E-state index >= 15 is 0 Å². The molecule has 68 valence electrons. The summed E-state index contributed by atoms with van der Waals surface area (Å²) < 4.78 is 4.57. The largest absolute Gasteiger partial charge is 0.466 e. The Labute approximate surface area is 69.8 Å². The molecule has 0 aromatic heterocycles. The fourth-order valence-corrected chi connectivity index (χ4v) is 0.449. The number of hydrazone groups is 1. The first kappa shape index (κ1) is 10.4. The normalized spacial score (nSPS) is 9.75. The molecule has 0 saturated carbocycles. The van der Waals surface area contributed by atoms with Crippen LogP contribution in [-0.2, 0) is 9.53 Å². The summed E-state index contributed by atoms with van der Waals surface area (Å²) in [4.78, 5) is 20.7. The maximum Gasteiger partial charge on any atom is 0.332 e. The van der Waals surface area contributed by atoms with Crippen LogP contribution in [0.5, 0.6) is 0 Å². The van der Waals surface area contributed by atoms with Crippen molar-refractivity contribution in [2.45, 2.75) is 13.3 Å². The van der Waals surface area contributed by atoms with Crippen molar-refractivity contribution in [3.8, 4) is 0 Å². The van der Waals surface area contributed by atoms with E-state index in [1.165, 1.54) is 6.21 Å². The number of amides is 2. The summed E-state index contributed by atoms with van der Waals surface area (Å²) in [5.41, 5.74) is 6.63. The summed E-state index contributed by atoms with van der Waals surface area (Å²) in [5, 5.41) is 3.34. The molecular formula is C6H11N3O3. The van der Waals surface area contributed by atoms with E-state index in [-0.39, 0.29) is 6.42 Å². The number of ether oxygens (including phenoxy) is 1. The predicted octanol–water partition coefficient (Wildman–Crippen LogP) is -0.406. The molecule has 0 radical (unpaired) electrons. The zero-order valence-corrected chi connectivity index (χ0v) is 6.74. The Morgan fingerprint density at radius 2 is 2.33 bits per heavy atom. The van der Waals surface area contributed by atoms with Gasteiger partial charge in [-0.15, -0.1) is 0 Å². The topological polar surface area (TPSA) is 93.8 Å². The molecule has 6 nitrogen and oxygen atoms in total. The Balaban J connectivity index is 3.46. The van der Waals surface area contributed by atoms with Gasteiger partial charge in [0.05, 0.1) is 13.0 Å². The monoisotopic (exact) mass is 173 g/mol. The number of nitrogens with two attached hydrogens (primary N) is 1. The zero-order valence-electron chi connectivity index (χ0n) is 6.74. The highest BCUT2D eigenvalue weighted by molar-refractivity contribution is 5.86. The number of carbonyl (C=O) groups excluding carboxylic acids is 2. The molecule has 0 aromatic carbocycles. The van der Waals surface area contributed by atoms with Crippen molar-refractivity contribution in [1.29, 1.82) is 0 Å². The van der Waals surface area contributed by atoms with Gasteiger partial charge in [-0.05, 0) is 6.92 Å². The van der Waals surface area contributed by atoms with Crippen LogP contribution < -0.4 is 11.2 Å². The molecule has 0 aliphatic carbocycles. The van der Waals surface area contributed by atoms with Gasteiger partial charge >= 0.3 is 12.0 Å². The predicted molar refractivity (Wildman–Crippen MR) is 42.5 cm³/mol. The molecule has 0 atom stereocenters. The summed E-state index contributed by atoms with van der Waals surface area (Å²) >= 11 is 0. The lowest BCUT2D eigenvalue weighted by Crippen LogP contribution is -2.24. The van der Waals surface area contributed by atoms with Crippen LogP contribution in [0.15, 0.2) is 5.10 Å². The molecule has 0 aliphatic heterocycles. The average molecular weight is 173 g/mol. The van der Waals surface area contributed by atoms with Gasteiger partial charge in [-0.3, -0.25) is 4.79 Å². The van der Waals surface area contributed by atoms with Gasteiger partial charge in [0.15, 0.2) is 0 Å². The molecule has 3 N–H and O–H groups in total. The second-order valence-electron chi connectivity index (χ2n) is 1.80. The van der Waals surface area contributed by atoms with Gasteiger partial charge in [-0.25, -0.2) is 10.2 Å². The standard InChI is InChI=1S/C6H11N3O3/c1-2-12-5(10)3-4-8-9-6(7)11/h4H,2-3H2,1H3,(H3,7,9,11)/b8-4+. The maximum absolute atomic E-state index is 10.6. The number of nitrogens with one attached hydrogen (secondary N) is 1. The third-order valence-corrected chi connectivity index (χ3v) is 0.829. The Bertz CT molecular complexity index is 190. The lowest BCUT2D eigenvalue weighted by molar-refractivity contribution is -0.141. The zero-order chi connectivity index (χ0) is 9.40. The van der Waals surface area contributed by atoms with Crippen LogP contribution in [0.3, 0.4) is 0 Å². The molecule has 2 amide bonds. The van der Waals surface area contributed by atoms with Gasteiger partial charge in [-0.2, -0.15) is 5.10 Å². The van der Waals surface area contributed by atoms with Gasteiger partial charge < -0.3 is 10.5 Å². The fourth-order valence-electron chi connectivity index (χ4n) is 0.449. The summed E-state index contributed by atoms with van der Waals surface area (Å²) in [6.45, 7) is 2.03. The summed E-state index contributed by atoms with van der Waals surface area (Å²) in [6.07, 6.45) is 1.23. The first-order valence-corrected chi connectivity index (χ1v) is 3.39. The molecule has 0 spiro atoms. The highest BCUT2D eigenvalue weighted by Gasteiger charge is 1.96. The fraction of sp³-hybridized carbons (Fsp3) is 0.500. The van der Waals surface area contributed by atoms with Crippen molar-refractivity contribution in [3.05, 3.63) is 0 Å². The average Bonchev–Trinajstić information content (AvgIpc) is 1.98. The van der Waals surface area contributed by atoms with Gasteiger partial charge in [-0.1, -0.05) is 0 Å². The highest BCUT2D eigenvalue weighted by Crippen LogP contribution is 1.81. The number of hydrogen-bond acceptors (Lipinski definition) is 4. The van der Waals surface area contributed by atoms with Gasteiger partial charge in [0.25, 0.3) is 0 Å². The summed E-state index contributed by atoms with van der Waals surface area (Å²) in [5.74, 6) is -0.396. The Kier molecular flexibility index (Phi) is 5.33. The maximum atomic E-state index is 10.6. The van der Waals surface area contributed by atoms with Crippen LogP contribution in [0.1, 0.15) is 13.3 Å². The van der Waals surface area contributed by atoms with Crippen molar-refractivity contribution < 1.29 is 14.3 Å². The molecule has 0 bridgehead atoms. The van der Waals surface area contributed by atoms with Gasteiger partial charge in [0.1, 0.15) is 0 Å². The van der Waals surface area contributed by atoms with Crippen molar-refractivity contribution in [3.63, 3.8) is 0 Å². The van der Waals surface area contributed by atoms with E-state index in [4.69, 9.17) is 0 Å². The number of carbonyl (C=O) groups is 2. The van der Waals surface area contributed by atoms with Crippen LogP contribution in [0.2, 0.25) is 0 Å². The Morgan fingerprint density at radius 3 is 2.83 bits per heavy atom. The molecule has 0 fully saturated rings. The molecule has 6 heteroatoms. The van der Waals surface area contributed by atoms with E-state index in [1.54, 1.807) is 6.92 Å².